The topological polar surface area (TPSA) is 68.7 Å². The van der Waals surface area contributed by atoms with Crippen LogP contribution in [0.25, 0.3) is 0 Å². The number of anilines is 1. The van der Waals surface area contributed by atoms with Gasteiger partial charge in [-0.2, -0.15) is 4.39 Å². The molecule has 0 radical (unpaired) electrons. The van der Waals surface area contributed by atoms with E-state index in [2.05, 4.69) is 4.98 Å². The van der Waals surface area contributed by atoms with Crippen LogP contribution in [0.4, 0.5) is 18.3 Å². The lowest BCUT2D eigenvalue weighted by atomic mass is 10.2. The Bertz CT molecular complexity index is 1190. The molecule has 0 saturated carbocycles. The van der Waals surface area contributed by atoms with E-state index in [0.717, 1.165) is 12.3 Å². The molecule has 0 bridgehead atoms. The Morgan fingerprint density at radius 1 is 1.13 bits per heavy atom. The fraction of sp³-hybridized carbons (Fsp3) is 0.167. The Labute approximate surface area is 179 Å². The summed E-state index contributed by atoms with van der Waals surface area (Å²) < 4.78 is 79.3. The molecule has 0 spiro atoms. The van der Waals surface area contributed by atoms with Crippen molar-refractivity contribution in [2.75, 3.05) is 18.5 Å². The molecular weight excluding hydrogens is 465 g/mol. The van der Waals surface area contributed by atoms with Crippen molar-refractivity contribution < 1.29 is 31.1 Å². The third-order valence-corrected chi connectivity index (χ3v) is 6.89. The van der Waals surface area contributed by atoms with Crippen LogP contribution in [0.15, 0.2) is 41.4 Å². The number of methoxy groups -OCH3 is 2. The summed E-state index contributed by atoms with van der Waals surface area (Å²) in [5.74, 6) is -2.32. The van der Waals surface area contributed by atoms with E-state index in [-0.39, 0.29) is 15.9 Å². The van der Waals surface area contributed by atoms with Crippen LogP contribution in [0, 0.1) is 16.8 Å². The highest BCUT2D eigenvalue weighted by Gasteiger charge is 2.33. The second kappa shape index (κ2) is 8.70. The van der Waals surface area contributed by atoms with Gasteiger partial charge in [0, 0.05) is 16.7 Å². The van der Waals surface area contributed by atoms with Crippen molar-refractivity contribution in [2.45, 2.75) is 11.4 Å². The lowest BCUT2D eigenvalue weighted by Crippen LogP contribution is -2.31. The molecule has 160 valence electrons. The Morgan fingerprint density at radius 2 is 1.87 bits per heavy atom. The number of hydrogen-bond donors (Lipinski definition) is 0. The molecule has 3 aromatic rings. The van der Waals surface area contributed by atoms with Gasteiger partial charge in [0.15, 0.2) is 16.8 Å². The molecule has 0 aliphatic heterocycles. The van der Waals surface area contributed by atoms with Gasteiger partial charge in [-0.25, -0.2) is 26.5 Å². The molecule has 1 heterocycles. The highest BCUT2D eigenvalue weighted by Crippen LogP contribution is 2.34. The van der Waals surface area contributed by atoms with Gasteiger partial charge in [-0.15, -0.1) is 0 Å². The number of nitrogens with zero attached hydrogens (tertiary/aromatic N) is 2. The number of sulfonamides is 1. The molecule has 0 atom stereocenters. The summed E-state index contributed by atoms with van der Waals surface area (Å²) in [6, 6.07) is 6.03. The van der Waals surface area contributed by atoms with Gasteiger partial charge < -0.3 is 9.47 Å². The van der Waals surface area contributed by atoms with Crippen molar-refractivity contribution in [1.29, 1.82) is 0 Å². The summed E-state index contributed by atoms with van der Waals surface area (Å²) in [4.78, 5) is 2.74. The number of hydrogen-bond acceptors (Lipinski definition) is 6. The largest absolute Gasteiger partial charge is 0.497 e. The fourth-order valence-electron chi connectivity index (χ4n) is 2.59. The standard InChI is InChI=1S/C18H14ClF3N2O4S2/c1-27-12-4-3-10(14(7-12)28-2)9-24(18-23-8-16(21)29-18)30(25,26)15-6-11(19)5-13(20)17(15)22/h3-8H,9H2,1-2H3. The minimum absolute atomic E-state index is 0.268. The van der Waals surface area contributed by atoms with Gasteiger partial charge in [-0.1, -0.05) is 22.9 Å². The summed E-state index contributed by atoms with van der Waals surface area (Å²) >= 11 is 6.15. The smallest absolute Gasteiger partial charge is 0.269 e. The number of rotatable bonds is 7. The molecule has 1 aromatic heterocycles. The van der Waals surface area contributed by atoms with Crippen LogP contribution in [0.1, 0.15) is 5.56 Å². The van der Waals surface area contributed by atoms with Crippen molar-refractivity contribution >= 4 is 38.1 Å². The number of halogens is 4. The zero-order valence-electron chi connectivity index (χ0n) is 15.5. The molecule has 30 heavy (non-hydrogen) atoms. The second-order valence-electron chi connectivity index (χ2n) is 5.84. The van der Waals surface area contributed by atoms with Gasteiger partial charge in [0.1, 0.15) is 16.4 Å². The summed E-state index contributed by atoms with van der Waals surface area (Å²) in [7, 11) is -1.92. The number of thiazole rings is 1. The zero-order chi connectivity index (χ0) is 22.1. The first kappa shape index (κ1) is 22.2. The predicted molar refractivity (Wildman–Crippen MR) is 106 cm³/mol. The third kappa shape index (κ3) is 4.32. The van der Waals surface area contributed by atoms with Gasteiger partial charge in [0.2, 0.25) is 5.13 Å². The monoisotopic (exact) mass is 478 g/mol. The molecule has 0 amide bonds. The Hall–Kier alpha value is -2.50. The van der Waals surface area contributed by atoms with Crippen LogP contribution in [-0.2, 0) is 16.6 Å². The van der Waals surface area contributed by atoms with E-state index in [0.29, 0.717) is 33.0 Å². The average molecular weight is 479 g/mol. The van der Waals surface area contributed by atoms with Crippen molar-refractivity contribution in [3.05, 3.63) is 63.9 Å². The van der Waals surface area contributed by atoms with E-state index < -0.39 is 38.2 Å². The average Bonchev–Trinajstić information content (AvgIpc) is 3.14. The van der Waals surface area contributed by atoms with E-state index in [9.17, 15) is 21.6 Å². The molecule has 3 rings (SSSR count). The molecule has 2 aromatic carbocycles. The van der Waals surface area contributed by atoms with Gasteiger partial charge in [-0.3, -0.25) is 0 Å². The molecule has 12 heteroatoms. The molecule has 0 aliphatic carbocycles. The Kier molecular flexibility index (Phi) is 6.44. The zero-order valence-corrected chi connectivity index (χ0v) is 17.9. The van der Waals surface area contributed by atoms with Crippen molar-refractivity contribution in [3.8, 4) is 11.5 Å². The summed E-state index contributed by atoms with van der Waals surface area (Å²) in [6.07, 6.45) is 0.822. The third-order valence-electron chi connectivity index (χ3n) is 4.01. The van der Waals surface area contributed by atoms with Crippen LogP contribution in [-0.4, -0.2) is 27.6 Å². The van der Waals surface area contributed by atoms with Crippen LogP contribution < -0.4 is 13.8 Å². The van der Waals surface area contributed by atoms with E-state index in [1.54, 1.807) is 6.07 Å². The number of aromatic nitrogens is 1. The fourth-order valence-corrected chi connectivity index (χ4v) is 5.22. The van der Waals surface area contributed by atoms with Crippen molar-refractivity contribution in [2.24, 2.45) is 0 Å². The normalized spacial score (nSPS) is 11.4. The minimum atomic E-state index is -4.73. The maximum absolute atomic E-state index is 14.4. The van der Waals surface area contributed by atoms with Crippen LogP contribution in [0.5, 0.6) is 11.5 Å². The lowest BCUT2D eigenvalue weighted by Gasteiger charge is -2.23. The molecular formula is C18H14ClF3N2O4S2. The maximum Gasteiger partial charge on any atom is 0.269 e. The summed E-state index contributed by atoms with van der Waals surface area (Å²) in [5.41, 5.74) is 0.348. The van der Waals surface area contributed by atoms with Gasteiger partial charge >= 0.3 is 0 Å². The van der Waals surface area contributed by atoms with Gasteiger partial charge in [-0.05, 0) is 24.3 Å². The first-order valence-corrected chi connectivity index (χ1v) is 10.8. The highest BCUT2D eigenvalue weighted by molar-refractivity contribution is 7.93. The van der Waals surface area contributed by atoms with E-state index >= 15 is 0 Å². The van der Waals surface area contributed by atoms with E-state index in [1.165, 1.54) is 26.4 Å². The first-order chi connectivity index (χ1) is 14.2. The van der Waals surface area contributed by atoms with Crippen molar-refractivity contribution in [3.63, 3.8) is 0 Å². The predicted octanol–water partition coefficient (Wildman–Crippen LogP) is 4.63. The van der Waals surface area contributed by atoms with Crippen molar-refractivity contribution in [1.82, 2.24) is 4.98 Å². The molecule has 6 nitrogen and oxygen atoms in total. The van der Waals surface area contributed by atoms with Crippen LogP contribution >= 0.6 is 22.9 Å². The maximum atomic E-state index is 14.4. The molecule has 0 saturated heterocycles. The van der Waals surface area contributed by atoms with E-state index in [1.807, 2.05) is 0 Å². The molecule has 0 aliphatic rings. The van der Waals surface area contributed by atoms with Gasteiger partial charge in [0.25, 0.3) is 10.0 Å². The molecule has 0 unspecified atom stereocenters. The minimum Gasteiger partial charge on any atom is -0.497 e. The second-order valence-corrected chi connectivity index (χ2v) is 9.06. The number of benzene rings is 2. The highest BCUT2D eigenvalue weighted by atomic mass is 35.5. The molecule has 0 N–H and O–H groups in total. The quantitative estimate of drug-likeness (QED) is 0.463. The van der Waals surface area contributed by atoms with E-state index in [4.69, 9.17) is 21.1 Å². The Morgan fingerprint density at radius 3 is 2.47 bits per heavy atom. The summed E-state index contributed by atoms with van der Waals surface area (Å²) in [5, 5.41) is -1.37. The number of ether oxygens (including phenoxy) is 2. The first-order valence-electron chi connectivity index (χ1n) is 8.17. The van der Waals surface area contributed by atoms with Gasteiger partial charge in [0.05, 0.1) is 27.0 Å². The Balaban J connectivity index is 2.16. The van der Waals surface area contributed by atoms with Crippen LogP contribution in [0.3, 0.4) is 0 Å². The lowest BCUT2D eigenvalue weighted by molar-refractivity contribution is 0.391. The van der Waals surface area contributed by atoms with Crippen LogP contribution in [0.2, 0.25) is 5.02 Å². The summed E-state index contributed by atoms with van der Waals surface area (Å²) in [6.45, 7) is -0.407. The SMILES string of the molecule is COc1ccc(CN(c2ncc(F)s2)S(=O)(=O)c2cc(Cl)cc(F)c2F)c(OC)c1. The molecule has 0 fully saturated rings.